The SMILES string of the molecule is CCC(C)(NC(=O)NC1CCC1)C(=O)O. The standard InChI is InChI=1S/C10H18N2O3/c1-3-10(2,8(13)14)12-9(15)11-7-5-4-6-7/h7H,3-6H2,1-2H3,(H,13,14)(H2,11,12,15). The summed E-state index contributed by atoms with van der Waals surface area (Å²) >= 11 is 0. The van der Waals surface area contributed by atoms with Gasteiger partial charge in [-0.05, 0) is 32.6 Å². The molecule has 1 atom stereocenters. The summed E-state index contributed by atoms with van der Waals surface area (Å²) in [6, 6.07) is -0.161. The van der Waals surface area contributed by atoms with E-state index in [9.17, 15) is 9.59 Å². The van der Waals surface area contributed by atoms with Crippen molar-refractivity contribution in [1.82, 2.24) is 10.6 Å². The molecule has 0 aromatic heterocycles. The molecule has 15 heavy (non-hydrogen) atoms. The van der Waals surface area contributed by atoms with Crippen LogP contribution in [0.15, 0.2) is 0 Å². The van der Waals surface area contributed by atoms with Crippen molar-refractivity contribution in [2.75, 3.05) is 0 Å². The van der Waals surface area contributed by atoms with Gasteiger partial charge in [-0.3, -0.25) is 0 Å². The van der Waals surface area contributed by atoms with Crippen molar-refractivity contribution in [3.8, 4) is 0 Å². The second kappa shape index (κ2) is 4.51. The Balaban J connectivity index is 2.43. The number of nitrogens with one attached hydrogen (secondary N) is 2. The smallest absolute Gasteiger partial charge is 0.329 e. The Morgan fingerprint density at radius 1 is 1.47 bits per heavy atom. The molecule has 2 amide bonds. The van der Waals surface area contributed by atoms with E-state index < -0.39 is 11.5 Å². The first-order valence-electron chi connectivity index (χ1n) is 5.30. The van der Waals surface area contributed by atoms with Gasteiger partial charge in [0.05, 0.1) is 0 Å². The molecule has 1 saturated carbocycles. The van der Waals surface area contributed by atoms with Gasteiger partial charge in [-0.1, -0.05) is 6.92 Å². The minimum atomic E-state index is -1.17. The molecule has 1 fully saturated rings. The molecule has 0 saturated heterocycles. The van der Waals surface area contributed by atoms with E-state index in [-0.39, 0.29) is 12.1 Å². The van der Waals surface area contributed by atoms with Gasteiger partial charge in [0.15, 0.2) is 0 Å². The fraction of sp³-hybridized carbons (Fsp3) is 0.800. The van der Waals surface area contributed by atoms with E-state index in [0.717, 1.165) is 19.3 Å². The number of urea groups is 1. The molecule has 0 aromatic rings. The molecule has 1 aliphatic rings. The summed E-state index contributed by atoms with van der Waals surface area (Å²) in [6.45, 7) is 3.24. The molecule has 0 bridgehead atoms. The summed E-state index contributed by atoms with van der Waals surface area (Å²) in [4.78, 5) is 22.4. The van der Waals surface area contributed by atoms with Gasteiger partial charge in [0.2, 0.25) is 0 Å². The van der Waals surface area contributed by atoms with Crippen molar-refractivity contribution < 1.29 is 14.7 Å². The highest BCUT2D eigenvalue weighted by Crippen LogP contribution is 2.18. The normalized spacial score (nSPS) is 19.9. The fourth-order valence-electron chi connectivity index (χ4n) is 1.32. The van der Waals surface area contributed by atoms with Crippen LogP contribution >= 0.6 is 0 Å². The zero-order valence-corrected chi connectivity index (χ0v) is 9.17. The van der Waals surface area contributed by atoms with Crippen molar-refractivity contribution in [2.45, 2.75) is 51.1 Å². The van der Waals surface area contributed by atoms with Crippen LogP contribution in [-0.4, -0.2) is 28.7 Å². The number of amides is 2. The first kappa shape index (κ1) is 11.8. The molecule has 5 heteroatoms. The number of carbonyl (C=O) groups excluding carboxylic acids is 1. The third-order valence-corrected chi connectivity index (χ3v) is 3.01. The average Bonchev–Trinajstić information content (AvgIpc) is 2.11. The molecule has 0 aliphatic heterocycles. The second-order valence-corrected chi connectivity index (χ2v) is 4.22. The first-order chi connectivity index (χ1) is 6.98. The summed E-state index contributed by atoms with van der Waals surface area (Å²) in [5.41, 5.74) is -1.17. The molecule has 1 unspecified atom stereocenters. The van der Waals surface area contributed by atoms with Gasteiger partial charge in [-0.25, -0.2) is 9.59 Å². The van der Waals surface area contributed by atoms with Gasteiger partial charge in [-0.15, -0.1) is 0 Å². The number of carboxylic acids is 1. The monoisotopic (exact) mass is 214 g/mol. The molecule has 0 aromatic carbocycles. The Labute approximate surface area is 89.2 Å². The third-order valence-electron chi connectivity index (χ3n) is 3.01. The Kier molecular flexibility index (Phi) is 3.55. The molecule has 0 spiro atoms. The van der Waals surface area contributed by atoms with E-state index in [4.69, 9.17) is 5.11 Å². The van der Waals surface area contributed by atoms with Crippen LogP contribution in [0, 0.1) is 0 Å². The molecular weight excluding hydrogens is 196 g/mol. The van der Waals surface area contributed by atoms with Gasteiger partial charge in [0.25, 0.3) is 0 Å². The maximum atomic E-state index is 11.4. The average molecular weight is 214 g/mol. The highest BCUT2D eigenvalue weighted by atomic mass is 16.4. The predicted octanol–water partition coefficient (Wildman–Crippen LogP) is 1.09. The Morgan fingerprint density at radius 3 is 2.40 bits per heavy atom. The van der Waals surface area contributed by atoms with E-state index in [1.54, 1.807) is 6.92 Å². The molecule has 1 rings (SSSR count). The minimum Gasteiger partial charge on any atom is -0.480 e. The topological polar surface area (TPSA) is 78.4 Å². The van der Waals surface area contributed by atoms with E-state index in [0.29, 0.717) is 6.42 Å². The first-order valence-corrected chi connectivity index (χ1v) is 5.30. The molecule has 0 heterocycles. The predicted molar refractivity (Wildman–Crippen MR) is 55.6 cm³/mol. The van der Waals surface area contributed by atoms with Gasteiger partial charge >= 0.3 is 12.0 Å². The van der Waals surface area contributed by atoms with Crippen molar-refractivity contribution in [3.63, 3.8) is 0 Å². The second-order valence-electron chi connectivity index (χ2n) is 4.22. The fourth-order valence-corrected chi connectivity index (χ4v) is 1.32. The van der Waals surface area contributed by atoms with Gasteiger partial charge < -0.3 is 15.7 Å². The van der Waals surface area contributed by atoms with Crippen molar-refractivity contribution in [1.29, 1.82) is 0 Å². The molecular formula is C10H18N2O3. The quantitative estimate of drug-likeness (QED) is 0.655. The van der Waals surface area contributed by atoms with E-state index in [2.05, 4.69) is 10.6 Å². The number of carbonyl (C=O) groups is 2. The van der Waals surface area contributed by atoms with Gasteiger partial charge in [0.1, 0.15) is 5.54 Å². The lowest BCUT2D eigenvalue weighted by atomic mass is 9.93. The third kappa shape index (κ3) is 2.84. The zero-order valence-electron chi connectivity index (χ0n) is 9.17. The van der Waals surface area contributed by atoms with Crippen LogP contribution in [-0.2, 0) is 4.79 Å². The minimum absolute atomic E-state index is 0.222. The van der Waals surface area contributed by atoms with E-state index in [1.165, 1.54) is 6.92 Å². The van der Waals surface area contributed by atoms with Crippen LogP contribution in [0.4, 0.5) is 4.79 Å². The molecule has 3 N–H and O–H groups in total. The van der Waals surface area contributed by atoms with Crippen LogP contribution in [0.1, 0.15) is 39.5 Å². The highest BCUT2D eigenvalue weighted by molar-refractivity contribution is 5.85. The van der Waals surface area contributed by atoms with Gasteiger partial charge in [0, 0.05) is 6.04 Å². The van der Waals surface area contributed by atoms with Crippen LogP contribution < -0.4 is 10.6 Å². The van der Waals surface area contributed by atoms with Gasteiger partial charge in [-0.2, -0.15) is 0 Å². The number of carboxylic acid groups (broad SMARTS) is 1. The molecule has 5 nitrogen and oxygen atoms in total. The number of rotatable bonds is 4. The van der Waals surface area contributed by atoms with Crippen LogP contribution in [0.3, 0.4) is 0 Å². The largest absolute Gasteiger partial charge is 0.480 e. The maximum Gasteiger partial charge on any atom is 0.329 e. The lowest BCUT2D eigenvalue weighted by molar-refractivity contribution is -0.143. The van der Waals surface area contributed by atoms with Crippen LogP contribution in [0.2, 0.25) is 0 Å². The van der Waals surface area contributed by atoms with Crippen molar-refractivity contribution >= 4 is 12.0 Å². The van der Waals surface area contributed by atoms with Crippen LogP contribution in [0.25, 0.3) is 0 Å². The van der Waals surface area contributed by atoms with Crippen molar-refractivity contribution in [3.05, 3.63) is 0 Å². The number of aliphatic carboxylic acids is 1. The Morgan fingerprint density at radius 2 is 2.07 bits per heavy atom. The maximum absolute atomic E-state index is 11.4. The zero-order chi connectivity index (χ0) is 11.5. The summed E-state index contributed by atoms with van der Waals surface area (Å²) in [5, 5.41) is 14.2. The number of hydrogen-bond acceptors (Lipinski definition) is 2. The lowest BCUT2D eigenvalue weighted by Gasteiger charge is -2.30. The molecule has 1 aliphatic carbocycles. The molecule has 0 radical (unpaired) electrons. The summed E-state index contributed by atoms with van der Waals surface area (Å²) in [7, 11) is 0. The molecule has 86 valence electrons. The van der Waals surface area contributed by atoms with Crippen molar-refractivity contribution in [2.24, 2.45) is 0 Å². The number of hydrogen-bond donors (Lipinski definition) is 3. The summed E-state index contributed by atoms with van der Waals surface area (Å²) in [6.07, 6.45) is 3.47. The highest BCUT2D eigenvalue weighted by Gasteiger charge is 2.33. The van der Waals surface area contributed by atoms with Crippen LogP contribution in [0.5, 0.6) is 0 Å². The summed E-state index contributed by atoms with van der Waals surface area (Å²) < 4.78 is 0. The van der Waals surface area contributed by atoms with E-state index >= 15 is 0 Å². The lowest BCUT2D eigenvalue weighted by Crippen LogP contribution is -2.57. The van der Waals surface area contributed by atoms with E-state index in [1.807, 2.05) is 0 Å². The summed E-state index contributed by atoms with van der Waals surface area (Å²) in [5.74, 6) is -1.01. The Hall–Kier alpha value is -1.26. The Bertz CT molecular complexity index is 263.